The van der Waals surface area contributed by atoms with Crippen molar-refractivity contribution < 1.29 is 53.2 Å². The second kappa shape index (κ2) is 20.5. The van der Waals surface area contributed by atoms with E-state index in [9.17, 15) is 38.7 Å². The Morgan fingerprint density at radius 2 is 1.33 bits per heavy atom. The molecule has 250 valence electrons. The summed E-state index contributed by atoms with van der Waals surface area (Å²) in [7, 11) is 0. The van der Waals surface area contributed by atoms with Gasteiger partial charge in [-0.15, -0.1) is 0 Å². The van der Waals surface area contributed by atoms with Gasteiger partial charge in [0.1, 0.15) is 24.3 Å². The third-order valence-electron chi connectivity index (χ3n) is 6.19. The summed E-state index contributed by atoms with van der Waals surface area (Å²) < 4.78 is 10.5. The summed E-state index contributed by atoms with van der Waals surface area (Å²) in [6.45, 7) is 4.66. The number of amides is 3. The molecule has 0 saturated heterocycles. The average Bonchev–Trinajstić information content (AvgIpc) is 2.96. The average molecular weight is 636 g/mol. The van der Waals surface area contributed by atoms with Crippen LogP contribution < -0.4 is 16.0 Å². The van der Waals surface area contributed by atoms with E-state index in [1.807, 2.05) is 30.3 Å². The first-order valence-corrected chi connectivity index (χ1v) is 14.9. The molecule has 0 aliphatic carbocycles. The molecule has 14 nitrogen and oxygen atoms in total. The first-order chi connectivity index (χ1) is 21.2. The van der Waals surface area contributed by atoms with Gasteiger partial charge < -0.3 is 35.6 Å². The topological polar surface area (TPSA) is 214 Å². The van der Waals surface area contributed by atoms with Crippen molar-refractivity contribution in [1.82, 2.24) is 16.0 Å². The van der Waals surface area contributed by atoms with Gasteiger partial charge in [0.05, 0.1) is 6.54 Å². The minimum absolute atomic E-state index is 0.161. The van der Waals surface area contributed by atoms with E-state index in [0.717, 1.165) is 12.0 Å². The summed E-state index contributed by atoms with van der Waals surface area (Å²) in [5, 5.41) is 25.1. The Morgan fingerprint density at radius 1 is 0.733 bits per heavy atom. The van der Waals surface area contributed by atoms with E-state index in [4.69, 9.17) is 14.6 Å². The monoisotopic (exact) mass is 635 g/mol. The Kier molecular flexibility index (Phi) is 17.5. The Bertz CT molecular complexity index is 1150. The van der Waals surface area contributed by atoms with Gasteiger partial charge in [0.15, 0.2) is 0 Å². The molecule has 0 spiro atoms. The smallest absolute Gasteiger partial charge is 0.329 e. The zero-order chi connectivity index (χ0) is 33.8. The van der Waals surface area contributed by atoms with E-state index in [1.54, 1.807) is 20.8 Å². The SMILES string of the molecule is CC(C)(C)OC(=O)C(CCC(=O)NC(CCC(=O)O)C(=O)O)NC(=O)CNC(=O)CCCCCCC(=O)OCc1ccccc1. The van der Waals surface area contributed by atoms with Gasteiger partial charge in [-0.3, -0.25) is 24.0 Å². The number of esters is 2. The maximum atomic E-state index is 12.7. The van der Waals surface area contributed by atoms with Gasteiger partial charge in [0.2, 0.25) is 17.7 Å². The molecular weight excluding hydrogens is 590 g/mol. The fourth-order valence-corrected chi connectivity index (χ4v) is 3.92. The molecule has 1 aromatic rings. The van der Waals surface area contributed by atoms with Crippen LogP contribution in [0.3, 0.4) is 0 Å². The summed E-state index contributed by atoms with van der Waals surface area (Å²) >= 11 is 0. The molecule has 0 fully saturated rings. The molecule has 0 aliphatic heterocycles. The number of carbonyl (C=O) groups is 7. The molecule has 45 heavy (non-hydrogen) atoms. The van der Waals surface area contributed by atoms with Crippen LogP contribution >= 0.6 is 0 Å². The summed E-state index contributed by atoms with van der Waals surface area (Å²) in [6, 6.07) is 6.67. The highest BCUT2D eigenvalue weighted by atomic mass is 16.6. The minimum atomic E-state index is -1.43. The van der Waals surface area contributed by atoms with Gasteiger partial charge in [0, 0.05) is 25.7 Å². The molecule has 0 radical (unpaired) electrons. The van der Waals surface area contributed by atoms with Crippen molar-refractivity contribution in [2.45, 2.75) is 109 Å². The van der Waals surface area contributed by atoms with E-state index in [1.165, 1.54) is 0 Å². The quantitative estimate of drug-likeness (QED) is 0.0975. The van der Waals surface area contributed by atoms with Crippen LogP contribution in [0.1, 0.15) is 90.5 Å². The van der Waals surface area contributed by atoms with Crippen LogP contribution in [-0.4, -0.2) is 76.0 Å². The first kappa shape index (κ1) is 38.5. The van der Waals surface area contributed by atoms with Crippen molar-refractivity contribution >= 4 is 41.6 Å². The molecule has 0 heterocycles. The molecule has 5 N–H and O–H groups in total. The summed E-state index contributed by atoms with van der Waals surface area (Å²) in [5.41, 5.74) is 0.0141. The van der Waals surface area contributed by atoms with E-state index in [2.05, 4.69) is 16.0 Å². The second-order valence-electron chi connectivity index (χ2n) is 11.4. The van der Waals surface area contributed by atoms with Crippen molar-refractivity contribution in [1.29, 1.82) is 0 Å². The second-order valence-corrected chi connectivity index (χ2v) is 11.4. The van der Waals surface area contributed by atoms with Crippen LogP contribution in [0.2, 0.25) is 0 Å². The van der Waals surface area contributed by atoms with Gasteiger partial charge in [0.25, 0.3) is 0 Å². The highest BCUT2D eigenvalue weighted by Gasteiger charge is 2.28. The number of aliphatic carboxylic acids is 2. The van der Waals surface area contributed by atoms with Crippen LogP contribution in [0.15, 0.2) is 30.3 Å². The number of unbranched alkanes of at least 4 members (excludes halogenated alkanes) is 3. The van der Waals surface area contributed by atoms with Crippen molar-refractivity contribution in [2.24, 2.45) is 0 Å². The Balaban J connectivity index is 2.42. The van der Waals surface area contributed by atoms with E-state index in [-0.39, 0.29) is 50.6 Å². The van der Waals surface area contributed by atoms with Crippen molar-refractivity contribution in [3.05, 3.63) is 35.9 Å². The van der Waals surface area contributed by atoms with Crippen LogP contribution in [0, 0.1) is 0 Å². The molecular formula is C31H45N3O11. The standard InChI is InChI=1S/C31H45N3O11/c1-31(2,3)45-30(43)23(15-17-25(36)33-22(29(41)42)16-18-27(38)39)34-26(37)19-32-24(35)13-9-4-5-10-14-28(40)44-20-21-11-7-6-8-12-21/h6-8,11-12,22-23H,4-5,9-10,13-20H2,1-3H3,(H,32,35)(H,33,36)(H,34,37)(H,38,39)(H,41,42). The van der Waals surface area contributed by atoms with Crippen molar-refractivity contribution in [3.63, 3.8) is 0 Å². The molecule has 3 amide bonds. The van der Waals surface area contributed by atoms with Gasteiger partial charge in [-0.2, -0.15) is 0 Å². The van der Waals surface area contributed by atoms with Crippen LogP contribution in [-0.2, 0) is 49.6 Å². The number of ether oxygens (including phenoxy) is 2. The highest BCUT2D eigenvalue weighted by Crippen LogP contribution is 2.12. The Labute approximate surface area is 262 Å². The van der Waals surface area contributed by atoms with E-state index < -0.39 is 60.4 Å². The number of hydrogen-bond acceptors (Lipinski definition) is 9. The molecule has 0 aromatic heterocycles. The highest BCUT2D eigenvalue weighted by molar-refractivity contribution is 5.89. The predicted octanol–water partition coefficient (Wildman–Crippen LogP) is 2.23. The number of hydrogen-bond donors (Lipinski definition) is 5. The molecule has 14 heteroatoms. The molecule has 2 unspecified atom stereocenters. The summed E-state index contributed by atoms with van der Waals surface area (Å²) in [5.74, 6) is -5.55. The number of carbonyl (C=O) groups excluding carboxylic acids is 5. The summed E-state index contributed by atoms with van der Waals surface area (Å²) in [6.07, 6.45) is 1.66. The van der Waals surface area contributed by atoms with Crippen LogP contribution in [0.25, 0.3) is 0 Å². The fraction of sp³-hybridized carbons (Fsp3) is 0.581. The molecule has 0 bridgehead atoms. The Morgan fingerprint density at radius 3 is 1.93 bits per heavy atom. The lowest BCUT2D eigenvalue weighted by atomic mass is 10.1. The third-order valence-corrected chi connectivity index (χ3v) is 6.19. The molecule has 0 saturated carbocycles. The maximum absolute atomic E-state index is 12.7. The van der Waals surface area contributed by atoms with E-state index in [0.29, 0.717) is 19.3 Å². The molecule has 0 aliphatic rings. The minimum Gasteiger partial charge on any atom is -0.481 e. The van der Waals surface area contributed by atoms with Crippen molar-refractivity contribution in [2.75, 3.05) is 6.54 Å². The predicted molar refractivity (Wildman–Crippen MR) is 160 cm³/mol. The third kappa shape index (κ3) is 19.4. The van der Waals surface area contributed by atoms with Gasteiger partial charge >= 0.3 is 23.9 Å². The zero-order valence-electron chi connectivity index (χ0n) is 26.1. The number of nitrogens with one attached hydrogen (secondary N) is 3. The van der Waals surface area contributed by atoms with Crippen LogP contribution in [0.4, 0.5) is 0 Å². The lowest BCUT2D eigenvalue weighted by molar-refractivity contribution is -0.159. The Hall–Kier alpha value is -4.49. The molecule has 1 rings (SSSR count). The number of carboxylic acids is 2. The number of carboxylic acid groups (broad SMARTS) is 2. The lowest BCUT2D eigenvalue weighted by Gasteiger charge is -2.24. The number of benzene rings is 1. The molecule has 1 aromatic carbocycles. The molecule has 2 atom stereocenters. The van der Waals surface area contributed by atoms with Crippen LogP contribution in [0.5, 0.6) is 0 Å². The van der Waals surface area contributed by atoms with Gasteiger partial charge in [-0.05, 0) is 52.0 Å². The zero-order valence-corrected chi connectivity index (χ0v) is 26.1. The van der Waals surface area contributed by atoms with Crippen molar-refractivity contribution in [3.8, 4) is 0 Å². The fourth-order valence-electron chi connectivity index (χ4n) is 3.92. The lowest BCUT2D eigenvalue weighted by Crippen LogP contribution is -2.48. The van der Waals surface area contributed by atoms with Gasteiger partial charge in [-0.25, -0.2) is 9.59 Å². The number of rotatable bonds is 21. The first-order valence-electron chi connectivity index (χ1n) is 14.9. The van der Waals surface area contributed by atoms with Gasteiger partial charge in [-0.1, -0.05) is 43.2 Å². The normalized spacial score (nSPS) is 12.2. The van der Waals surface area contributed by atoms with E-state index >= 15 is 0 Å². The maximum Gasteiger partial charge on any atom is 0.329 e. The largest absolute Gasteiger partial charge is 0.481 e. The summed E-state index contributed by atoms with van der Waals surface area (Å²) in [4.78, 5) is 83.6.